The van der Waals surface area contributed by atoms with Gasteiger partial charge in [-0.2, -0.15) is 5.10 Å². The van der Waals surface area contributed by atoms with E-state index in [1.54, 1.807) is 24.4 Å². The average molecular weight is 576 g/mol. The first-order valence-electron chi connectivity index (χ1n) is 14.6. The number of morpholine rings is 1. The molecule has 2 bridgehead atoms. The molecule has 0 spiro atoms. The number of rotatable bonds is 10. The number of carbonyl (C=O) groups excluding carboxylic acids is 2. The van der Waals surface area contributed by atoms with E-state index in [4.69, 9.17) is 14.2 Å². The minimum Gasteiger partial charge on any atom is -0.493 e. The van der Waals surface area contributed by atoms with Crippen molar-refractivity contribution < 1.29 is 28.9 Å². The Morgan fingerprint density at radius 1 is 1.12 bits per heavy atom. The molecule has 4 heterocycles. The Morgan fingerprint density at radius 3 is 2.71 bits per heavy atom. The number of fused-ring (bicyclic) bond motifs is 3. The van der Waals surface area contributed by atoms with E-state index < -0.39 is 6.10 Å². The lowest BCUT2D eigenvalue weighted by Crippen LogP contribution is -2.49. The summed E-state index contributed by atoms with van der Waals surface area (Å²) in [6.07, 6.45) is 3.40. The molecule has 2 fully saturated rings. The van der Waals surface area contributed by atoms with Gasteiger partial charge < -0.3 is 34.9 Å². The molecule has 6 rings (SSSR count). The number of ether oxygens (including phenoxy) is 3. The molecule has 3 aliphatic heterocycles. The lowest BCUT2D eigenvalue weighted by molar-refractivity contribution is -0.00717. The number of hydrogen-bond acceptors (Lipinski definition) is 8. The molecule has 2 saturated heterocycles. The van der Waals surface area contributed by atoms with Crippen molar-refractivity contribution >= 4 is 11.8 Å². The van der Waals surface area contributed by atoms with Crippen molar-refractivity contribution in [2.45, 2.75) is 63.6 Å². The van der Waals surface area contributed by atoms with Crippen LogP contribution in [0.15, 0.2) is 48.7 Å². The molecule has 2 unspecified atom stereocenters. The minimum absolute atomic E-state index is 0.0608. The van der Waals surface area contributed by atoms with E-state index in [1.165, 1.54) is 0 Å². The highest BCUT2D eigenvalue weighted by Gasteiger charge is 2.40. The number of aromatic amines is 1. The second kappa shape index (κ2) is 12.5. The van der Waals surface area contributed by atoms with Gasteiger partial charge in [0.1, 0.15) is 18.1 Å². The molecule has 3 aliphatic rings. The third kappa shape index (κ3) is 5.99. The maximum Gasteiger partial charge on any atom is 0.255 e. The third-order valence-electron chi connectivity index (χ3n) is 8.31. The first-order valence-corrected chi connectivity index (χ1v) is 14.6. The van der Waals surface area contributed by atoms with Crippen LogP contribution in [0.25, 0.3) is 0 Å². The van der Waals surface area contributed by atoms with Gasteiger partial charge in [-0.15, -0.1) is 0 Å². The summed E-state index contributed by atoms with van der Waals surface area (Å²) < 4.78 is 17.2. The lowest BCUT2D eigenvalue weighted by Gasteiger charge is -2.34. The highest BCUT2D eigenvalue weighted by atomic mass is 16.5. The first kappa shape index (κ1) is 28.2. The fourth-order valence-corrected chi connectivity index (χ4v) is 6.07. The standard InChI is InChI=1S/C31H37N5O6/c1-2-41-29-13-20(31(39)36-23-5-6-24(36)18-40-17-23)4-8-26(29)30(38)33-15-28(37)27-12-19-3-7-25(11-21(19)14-32-27)42-16-22-9-10-34-35-22/h3-4,7-11,13,23-24,27-28,32,37H,2,5-6,12,14-18H2,1H3,(H,33,38)(H,34,35)/t23?,24?,27-,28+/m0/s1. The van der Waals surface area contributed by atoms with E-state index in [2.05, 4.69) is 20.8 Å². The van der Waals surface area contributed by atoms with Gasteiger partial charge in [-0.3, -0.25) is 14.7 Å². The van der Waals surface area contributed by atoms with E-state index in [0.717, 1.165) is 35.4 Å². The number of amides is 2. The second-order valence-electron chi connectivity index (χ2n) is 11.0. The molecule has 2 amide bonds. The number of aliphatic hydroxyl groups is 1. The molecule has 1 aromatic heterocycles. The summed E-state index contributed by atoms with van der Waals surface area (Å²) in [7, 11) is 0. The number of aliphatic hydroxyl groups excluding tert-OH is 1. The molecule has 0 aliphatic carbocycles. The van der Waals surface area contributed by atoms with Crippen molar-refractivity contribution in [2.24, 2.45) is 0 Å². The zero-order chi connectivity index (χ0) is 29.1. The minimum atomic E-state index is -0.799. The SMILES string of the molecule is CCOc1cc(C(=O)N2C3CCC2COC3)ccc1C(=O)NC[C@@H](O)[C@@H]1Cc2ccc(OCc3ccn[nH]3)cc2CN1. The predicted molar refractivity (Wildman–Crippen MR) is 153 cm³/mol. The van der Waals surface area contributed by atoms with Gasteiger partial charge in [-0.1, -0.05) is 6.07 Å². The smallest absolute Gasteiger partial charge is 0.255 e. The van der Waals surface area contributed by atoms with Crippen LogP contribution in [-0.2, 0) is 24.3 Å². The number of H-pyrrole nitrogens is 1. The van der Waals surface area contributed by atoms with E-state index in [1.807, 2.05) is 36.1 Å². The Hall–Kier alpha value is -3.93. The number of carbonyl (C=O) groups is 2. The van der Waals surface area contributed by atoms with Gasteiger partial charge in [0.05, 0.1) is 49.3 Å². The average Bonchev–Trinajstić information content (AvgIpc) is 3.63. The molecule has 3 aromatic rings. The fourth-order valence-electron chi connectivity index (χ4n) is 6.07. The van der Waals surface area contributed by atoms with Crippen LogP contribution < -0.4 is 20.1 Å². The molecule has 11 nitrogen and oxygen atoms in total. The van der Waals surface area contributed by atoms with Crippen LogP contribution in [0.2, 0.25) is 0 Å². The highest BCUT2D eigenvalue weighted by molar-refractivity contribution is 6.00. The van der Waals surface area contributed by atoms with E-state index in [0.29, 0.717) is 56.3 Å². The predicted octanol–water partition coefficient (Wildman–Crippen LogP) is 2.20. The van der Waals surface area contributed by atoms with Crippen molar-refractivity contribution in [3.8, 4) is 11.5 Å². The number of hydrogen-bond donors (Lipinski definition) is 4. The molecular formula is C31H37N5O6. The van der Waals surface area contributed by atoms with Crippen LogP contribution in [0.4, 0.5) is 0 Å². The molecular weight excluding hydrogens is 538 g/mol. The zero-order valence-corrected chi connectivity index (χ0v) is 23.7. The summed E-state index contributed by atoms with van der Waals surface area (Å²) in [5.41, 5.74) is 3.97. The fraction of sp³-hybridized carbons (Fsp3) is 0.452. The number of benzene rings is 2. The molecule has 0 radical (unpaired) electrons. The van der Waals surface area contributed by atoms with Crippen LogP contribution in [0.5, 0.6) is 11.5 Å². The largest absolute Gasteiger partial charge is 0.493 e. The van der Waals surface area contributed by atoms with Gasteiger partial charge in [-0.05, 0) is 73.7 Å². The quantitative estimate of drug-likeness (QED) is 0.289. The van der Waals surface area contributed by atoms with Crippen molar-refractivity contribution in [1.82, 2.24) is 25.7 Å². The Kier molecular flexibility index (Phi) is 8.41. The summed E-state index contributed by atoms with van der Waals surface area (Å²) in [6.45, 7) is 4.38. The Labute approximate surface area is 244 Å². The van der Waals surface area contributed by atoms with Gasteiger partial charge in [0, 0.05) is 30.9 Å². The lowest BCUT2D eigenvalue weighted by atomic mass is 9.92. The number of nitrogens with one attached hydrogen (secondary N) is 3. The van der Waals surface area contributed by atoms with Gasteiger partial charge >= 0.3 is 0 Å². The van der Waals surface area contributed by atoms with Crippen LogP contribution in [0.1, 0.15) is 57.3 Å². The maximum atomic E-state index is 13.3. The normalized spacial score (nSPS) is 21.9. The molecule has 2 aromatic carbocycles. The summed E-state index contributed by atoms with van der Waals surface area (Å²) in [5.74, 6) is 0.699. The van der Waals surface area contributed by atoms with Gasteiger partial charge in [-0.25, -0.2) is 0 Å². The van der Waals surface area contributed by atoms with E-state index >= 15 is 0 Å². The Bertz CT molecular complexity index is 1400. The Morgan fingerprint density at radius 2 is 1.95 bits per heavy atom. The van der Waals surface area contributed by atoms with Crippen molar-refractivity contribution in [3.63, 3.8) is 0 Å². The van der Waals surface area contributed by atoms with Crippen molar-refractivity contribution in [3.05, 3.63) is 76.6 Å². The van der Waals surface area contributed by atoms with Crippen LogP contribution in [0, 0.1) is 0 Å². The molecule has 11 heteroatoms. The summed E-state index contributed by atoms with van der Waals surface area (Å²) in [6, 6.07) is 12.8. The molecule has 4 N–H and O–H groups in total. The summed E-state index contributed by atoms with van der Waals surface area (Å²) >= 11 is 0. The Balaban J connectivity index is 1.05. The summed E-state index contributed by atoms with van der Waals surface area (Å²) in [5, 5.41) is 24.0. The number of aromatic nitrogens is 2. The van der Waals surface area contributed by atoms with Gasteiger partial charge in [0.25, 0.3) is 11.8 Å². The van der Waals surface area contributed by atoms with Crippen LogP contribution >= 0.6 is 0 Å². The van der Waals surface area contributed by atoms with Crippen molar-refractivity contribution in [1.29, 1.82) is 0 Å². The first-order chi connectivity index (χ1) is 20.5. The second-order valence-corrected chi connectivity index (χ2v) is 11.0. The zero-order valence-electron chi connectivity index (χ0n) is 23.7. The van der Waals surface area contributed by atoms with Crippen LogP contribution in [0.3, 0.4) is 0 Å². The molecule has 222 valence electrons. The topological polar surface area (TPSA) is 138 Å². The van der Waals surface area contributed by atoms with Gasteiger partial charge in [0.15, 0.2) is 0 Å². The molecule has 42 heavy (non-hydrogen) atoms. The van der Waals surface area contributed by atoms with E-state index in [9.17, 15) is 14.7 Å². The molecule has 0 saturated carbocycles. The van der Waals surface area contributed by atoms with Crippen LogP contribution in [-0.4, -0.2) is 82.6 Å². The highest BCUT2D eigenvalue weighted by Crippen LogP contribution is 2.32. The maximum absolute atomic E-state index is 13.3. The van der Waals surface area contributed by atoms with E-state index in [-0.39, 0.29) is 36.5 Å². The third-order valence-corrected chi connectivity index (χ3v) is 8.31. The van der Waals surface area contributed by atoms with Crippen molar-refractivity contribution in [2.75, 3.05) is 26.4 Å². The van der Waals surface area contributed by atoms with Gasteiger partial charge in [0.2, 0.25) is 0 Å². The molecule has 4 atom stereocenters. The number of nitrogens with zero attached hydrogens (tertiary/aromatic N) is 2. The summed E-state index contributed by atoms with van der Waals surface area (Å²) in [4.78, 5) is 28.4. The monoisotopic (exact) mass is 575 g/mol.